The largest absolute Gasteiger partial charge is 0.433 e. The second-order valence-electron chi connectivity index (χ2n) is 5.56. The quantitative estimate of drug-likeness (QED) is 0.913. The van der Waals surface area contributed by atoms with Crippen molar-refractivity contribution in [1.82, 2.24) is 4.98 Å². The van der Waals surface area contributed by atoms with E-state index in [0.29, 0.717) is 13.0 Å². The normalized spacial score (nSPS) is 14.0. The summed E-state index contributed by atoms with van der Waals surface area (Å²) in [5.41, 5.74) is 3.85. The number of rotatable bonds is 4. The Morgan fingerprint density at radius 2 is 1.86 bits per heavy atom. The predicted octanol–water partition coefficient (Wildman–Crippen LogP) is 4.24. The van der Waals surface area contributed by atoms with Gasteiger partial charge in [-0.25, -0.2) is 0 Å². The van der Waals surface area contributed by atoms with E-state index < -0.39 is 11.9 Å². The number of hydrogen-bond donors (Lipinski definition) is 1. The fourth-order valence-corrected chi connectivity index (χ4v) is 2.77. The van der Waals surface area contributed by atoms with Crippen molar-refractivity contribution in [3.63, 3.8) is 0 Å². The molecule has 1 aromatic carbocycles. The van der Waals surface area contributed by atoms with Crippen LogP contribution < -0.4 is 5.32 Å². The molecule has 0 amide bonds. The summed E-state index contributed by atoms with van der Waals surface area (Å²) >= 11 is 0. The highest BCUT2D eigenvalue weighted by Gasteiger charge is 2.31. The van der Waals surface area contributed by atoms with E-state index in [1.165, 1.54) is 29.8 Å². The number of aromatic nitrogens is 1. The molecule has 0 unspecified atom stereocenters. The number of anilines is 1. The van der Waals surface area contributed by atoms with Gasteiger partial charge in [-0.05, 0) is 60.6 Å². The van der Waals surface area contributed by atoms with Crippen molar-refractivity contribution < 1.29 is 13.2 Å². The van der Waals surface area contributed by atoms with Crippen molar-refractivity contribution in [1.29, 1.82) is 0 Å². The average molecular weight is 306 g/mol. The van der Waals surface area contributed by atoms with Gasteiger partial charge >= 0.3 is 6.18 Å². The molecule has 2 nitrogen and oxygen atoms in total. The Labute approximate surface area is 127 Å². The zero-order chi connectivity index (χ0) is 15.6. The molecular weight excluding hydrogens is 289 g/mol. The molecule has 0 radical (unpaired) electrons. The maximum atomic E-state index is 12.4. The van der Waals surface area contributed by atoms with E-state index in [1.54, 1.807) is 0 Å². The number of fused-ring (bicyclic) bond motifs is 1. The number of hydrogen-bond acceptors (Lipinski definition) is 2. The van der Waals surface area contributed by atoms with Gasteiger partial charge in [-0.3, -0.25) is 4.98 Å². The monoisotopic (exact) mass is 306 g/mol. The highest BCUT2D eigenvalue weighted by atomic mass is 19.4. The molecule has 1 N–H and O–H groups in total. The molecule has 0 spiro atoms. The molecule has 3 rings (SSSR count). The Morgan fingerprint density at radius 3 is 2.59 bits per heavy atom. The van der Waals surface area contributed by atoms with Gasteiger partial charge in [-0.2, -0.15) is 13.2 Å². The van der Waals surface area contributed by atoms with E-state index in [1.807, 2.05) is 0 Å². The lowest BCUT2D eigenvalue weighted by atomic mass is 10.1. The third kappa shape index (κ3) is 3.40. The van der Waals surface area contributed by atoms with E-state index in [0.717, 1.165) is 30.2 Å². The molecule has 0 saturated carbocycles. The minimum absolute atomic E-state index is 0.641. The number of aryl methyl sites for hydroxylation is 2. The van der Waals surface area contributed by atoms with Crippen molar-refractivity contribution in [2.75, 3.05) is 11.9 Å². The number of halogens is 3. The van der Waals surface area contributed by atoms with Crippen LogP contribution in [-0.2, 0) is 25.4 Å². The van der Waals surface area contributed by atoms with Gasteiger partial charge in [0, 0.05) is 18.4 Å². The van der Waals surface area contributed by atoms with Gasteiger partial charge < -0.3 is 5.32 Å². The van der Waals surface area contributed by atoms with Crippen LogP contribution in [0.2, 0.25) is 0 Å². The van der Waals surface area contributed by atoms with Crippen molar-refractivity contribution in [2.45, 2.75) is 31.9 Å². The van der Waals surface area contributed by atoms with Crippen molar-refractivity contribution in [3.05, 3.63) is 58.9 Å². The summed E-state index contributed by atoms with van der Waals surface area (Å²) in [6, 6.07) is 8.91. The zero-order valence-electron chi connectivity index (χ0n) is 12.1. The van der Waals surface area contributed by atoms with E-state index in [4.69, 9.17) is 0 Å². The number of nitrogens with zero attached hydrogens (tertiary/aromatic N) is 1. The summed E-state index contributed by atoms with van der Waals surface area (Å²) in [5, 5.41) is 3.32. The molecular formula is C17H17F3N2. The van der Waals surface area contributed by atoms with Gasteiger partial charge in [0.15, 0.2) is 0 Å². The molecule has 1 heterocycles. The Bertz CT molecular complexity index is 648. The third-order valence-corrected chi connectivity index (χ3v) is 3.96. The van der Waals surface area contributed by atoms with Gasteiger partial charge in [-0.1, -0.05) is 12.1 Å². The number of alkyl halides is 3. The second-order valence-corrected chi connectivity index (χ2v) is 5.56. The SMILES string of the molecule is FC(F)(F)c1ccc(CCNc2ccc3c(c2)CCC3)cn1. The maximum absolute atomic E-state index is 12.4. The first kappa shape index (κ1) is 14.9. The number of benzene rings is 1. The third-order valence-electron chi connectivity index (χ3n) is 3.96. The Balaban J connectivity index is 1.55. The molecule has 5 heteroatoms. The summed E-state index contributed by atoms with van der Waals surface area (Å²) in [4.78, 5) is 3.47. The van der Waals surface area contributed by atoms with E-state index >= 15 is 0 Å². The highest BCUT2D eigenvalue weighted by Crippen LogP contribution is 2.27. The lowest BCUT2D eigenvalue weighted by molar-refractivity contribution is -0.141. The Morgan fingerprint density at radius 1 is 1.05 bits per heavy atom. The molecule has 1 aliphatic carbocycles. The minimum Gasteiger partial charge on any atom is -0.385 e. The first-order chi connectivity index (χ1) is 10.5. The summed E-state index contributed by atoms with van der Waals surface area (Å²) in [7, 11) is 0. The number of pyridine rings is 1. The average Bonchev–Trinajstić information content (AvgIpc) is 2.94. The lowest BCUT2D eigenvalue weighted by Gasteiger charge is -2.09. The topological polar surface area (TPSA) is 24.9 Å². The Kier molecular flexibility index (Phi) is 4.05. The number of nitrogens with one attached hydrogen (secondary N) is 1. The van der Waals surface area contributed by atoms with Gasteiger partial charge in [0.2, 0.25) is 0 Å². The van der Waals surface area contributed by atoms with Crippen LogP contribution in [0.4, 0.5) is 18.9 Å². The molecule has 1 aliphatic rings. The van der Waals surface area contributed by atoms with Crippen LogP contribution in [0.1, 0.15) is 28.8 Å². The van der Waals surface area contributed by atoms with Gasteiger partial charge in [0.1, 0.15) is 5.69 Å². The van der Waals surface area contributed by atoms with Gasteiger partial charge in [-0.15, -0.1) is 0 Å². The smallest absolute Gasteiger partial charge is 0.385 e. The van der Waals surface area contributed by atoms with Crippen LogP contribution in [-0.4, -0.2) is 11.5 Å². The highest BCUT2D eigenvalue weighted by molar-refractivity contribution is 5.50. The summed E-state index contributed by atoms with van der Waals surface area (Å²) in [6.45, 7) is 0.672. The van der Waals surface area contributed by atoms with Crippen molar-refractivity contribution in [3.8, 4) is 0 Å². The standard InChI is InChI=1S/C17H17F3N2/c18-17(19,20)16-7-4-12(11-22-16)8-9-21-15-6-5-13-2-1-3-14(13)10-15/h4-7,10-11,21H,1-3,8-9H2. The molecule has 1 aromatic heterocycles. The van der Waals surface area contributed by atoms with Crippen molar-refractivity contribution in [2.24, 2.45) is 0 Å². The van der Waals surface area contributed by atoms with Crippen LogP contribution >= 0.6 is 0 Å². The zero-order valence-corrected chi connectivity index (χ0v) is 12.1. The molecule has 0 atom stereocenters. The second kappa shape index (κ2) is 5.99. The van der Waals surface area contributed by atoms with Crippen LogP contribution in [0.15, 0.2) is 36.5 Å². The first-order valence-corrected chi connectivity index (χ1v) is 7.40. The minimum atomic E-state index is -4.37. The van der Waals surface area contributed by atoms with Crippen LogP contribution in [0, 0.1) is 0 Å². The van der Waals surface area contributed by atoms with E-state index in [-0.39, 0.29) is 0 Å². The lowest BCUT2D eigenvalue weighted by Crippen LogP contribution is -2.09. The van der Waals surface area contributed by atoms with Gasteiger partial charge in [0.05, 0.1) is 0 Å². The van der Waals surface area contributed by atoms with E-state index in [2.05, 4.69) is 28.5 Å². The van der Waals surface area contributed by atoms with Gasteiger partial charge in [0.25, 0.3) is 0 Å². The molecule has 22 heavy (non-hydrogen) atoms. The predicted molar refractivity (Wildman–Crippen MR) is 79.9 cm³/mol. The fourth-order valence-electron chi connectivity index (χ4n) is 2.77. The summed E-state index contributed by atoms with van der Waals surface area (Å²) in [5.74, 6) is 0. The maximum Gasteiger partial charge on any atom is 0.433 e. The van der Waals surface area contributed by atoms with Crippen LogP contribution in [0.5, 0.6) is 0 Å². The van der Waals surface area contributed by atoms with Crippen LogP contribution in [0.3, 0.4) is 0 Å². The fraction of sp³-hybridized carbons (Fsp3) is 0.353. The molecule has 0 fully saturated rings. The molecule has 116 valence electrons. The molecule has 0 aliphatic heterocycles. The summed E-state index contributed by atoms with van der Waals surface area (Å²) < 4.78 is 37.3. The van der Waals surface area contributed by atoms with Crippen LogP contribution in [0.25, 0.3) is 0 Å². The van der Waals surface area contributed by atoms with Crippen molar-refractivity contribution >= 4 is 5.69 Å². The molecule has 0 bridgehead atoms. The Hall–Kier alpha value is -2.04. The molecule has 0 saturated heterocycles. The summed E-state index contributed by atoms with van der Waals surface area (Å²) in [6.07, 6.45) is 1.08. The first-order valence-electron chi connectivity index (χ1n) is 7.40. The molecule has 2 aromatic rings. The van der Waals surface area contributed by atoms with E-state index in [9.17, 15) is 13.2 Å².